The molecule has 5 rings (SSSR count). The van der Waals surface area contributed by atoms with E-state index in [0.717, 1.165) is 18.4 Å². The number of rotatable bonds is 11. The average Bonchev–Trinajstić information content (AvgIpc) is 3.06. The number of ketones is 1. The van der Waals surface area contributed by atoms with E-state index in [4.69, 9.17) is 24.4 Å². The topological polar surface area (TPSA) is 145 Å². The van der Waals surface area contributed by atoms with Crippen molar-refractivity contribution in [3.63, 3.8) is 0 Å². The summed E-state index contributed by atoms with van der Waals surface area (Å²) in [7, 11) is 3.10. The minimum absolute atomic E-state index is 0.141. The minimum Gasteiger partial charge on any atom is -0.493 e. The van der Waals surface area contributed by atoms with Crippen molar-refractivity contribution in [2.24, 2.45) is 0 Å². The molecule has 2 aromatic heterocycles. The number of anilines is 1. The zero-order valence-corrected chi connectivity index (χ0v) is 24.7. The third-order valence-electron chi connectivity index (χ3n) is 7.16. The summed E-state index contributed by atoms with van der Waals surface area (Å²) in [6.07, 6.45) is 6.21. The van der Waals surface area contributed by atoms with Crippen molar-refractivity contribution in [1.29, 1.82) is 5.41 Å². The van der Waals surface area contributed by atoms with E-state index in [2.05, 4.69) is 20.6 Å². The summed E-state index contributed by atoms with van der Waals surface area (Å²) in [4.78, 5) is 35.0. The van der Waals surface area contributed by atoms with Crippen LogP contribution in [0.2, 0.25) is 0 Å². The van der Waals surface area contributed by atoms with Crippen molar-refractivity contribution in [2.75, 3.05) is 32.8 Å². The number of nitrogens with zero attached hydrogens (tertiary/aromatic N) is 2. The van der Waals surface area contributed by atoms with E-state index in [0.29, 0.717) is 52.6 Å². The normalized spacial score (nSPS) is 13.7. The van der Waals surface area contributed by atoms with Gasteiger partial charge in [-0.15, -0.1) is 0 Å². The van der Waals surface area contributed by atoms with Gasteiger partial charge in [-0.2, -0.15) is 0 Å². The molecule has 1 saturated heterocycles. The molecule has 226 valence electrons. The maximum Gasteiger partial charge on any atom is 0.277 e. The van der Waals surface area contributed by atoms with Crippen molar-refractivity contribution in [2.45, 2.75) is 25.8 Å². The molecule has 0 spiro atoms. The second-order valence-electron chi connectivity index (χ2n) is 10.2. The molecular weight excluding hydrogens is 562 g/mol. The number of methoxy groups -OCH3 is 2. The Labute approximate surface area is 254 Å². The highest BCUT2D eigenvalue weighted by molar-refractivity contribution is 6.74. The third kappa shape index (κ3) is 7.01. The number of benzene rings is 2. The fourth-order valence-corrected chi connectivity index (χ4v) is 4.67. The lowest BCUT2D eigenvalue weighted by molar-refractivity contribution is -0.113. The molecule has 2 aromatic carbocycles. The lowest BCUT2D eigenvalue weighted by Gasteiger charge is -2.22. The van der Waals surface area contributed by atoms with Crippen LogP contribution in [0, 0.1) is 12.3 Å². The highest BCUT2D eigenvalue weighted by Crippen LogP contribution is 2.36. The number of hydrogen-bond donors (Lipinski definition) is 3. The van der Waals surface area contributed by atoms with Gasteiger partial charge in [-0.3, -0.25) is 20.0 Å². The van der Waals surface area contributed by atoms with Gasteiger partial charge >= 0.3 is 0 Å². The lowest BCUT2D eigenvalue weighted by Crippen LogP contribution is -2.33. The van der Waals surface area contributed by atoms with Crippen molar-refractivity contribution in [1.82, 2.24) is 15.3 Å². The zero-order chi connectivity index (χ0) is 31.1. The first kappa shape index (κ1) is 30.2. The maximum atomic E-state index is 13.4. The van der Waals surface area contributed by atoms with Crippen molar-refractivity contribution in [3.8, 4) is 23.1 Å². The summed E-state index contributed by atoms with van der Waals surface area (Å²) in [6, 6.07) is 15.9. The van der Waals surface area contributed by atoms with Gasteiger partial charge < -0.3 is 29.6 Å². The van der Waals surface area contributed by atoms with Gasteiger partial charge in [-0.05, 0) is 43.5 Å². The predicted octanol–water partition coefficient (Wildman–Crippen LogP) is 5.08. The SMILES string of the molecule is COc1cc2nccc(Oc3ccc(NC(=O)C(=N)C(=O)/C(=C\NC4CCOCC4)c4ccc(C)cc4)cn3)c2cc1OC. The number of nitrogens with one attached hydrogen (secondary N) is 3. The van der Waals surface area contributed by atoms with Crippen LogP contribution in [0.1, 0.15) is 24.0 Å². The quantitative estimate of drug-likeness (QED) is 0.123. The number of allylic oxidation sites excluding steroid dienone is 1. The molecule has 0 saturated carbocycles. The van der Waals surface area contributed by atoms with E-state index >= 15 is 0 Å². The van der Waals surface area contributed by atoms with Crippen molar-refractivity contribution >= 4 is 39.6 Å². The monoisotopic (exact) mass is 595 g/mol. The van der Waals surface area contributed by atoms with Crippen molar-refractivity contribution < 1.29 is 28.5 Å². The molecule has 0 atom stereocenters. The Hall–Kier alpha value is -5.29. The number of aromatic nitrogens is 2. The number of pyridine rings is 2. The number of aryl methyl sites for hydroxylation is 1. The molecule has 3 N–H and O–H groups in total. The number of ether oxygens (including phenoxy) is 4. The number of carbonyl (C=O) groups excluding carboxylic acids is 2. The van der Waals surface area contributed by atoms with Crippen LogP contribution in [-0.4, -0.2) is 60.8 Å². The van der Waals surface area contributed by atoms with Crippen LogP contribution in [0.5, 0.6) is 23.1 Å². The van der Waals surface area contributed by atoms with Gasteiger partial charge in [0.25, 0.3) is 5.91 Å². The summed E-state index contributed by atoms with van der Waals surface area (Å²) in [5.41, 5.74) is 2.13. The summed E-state index contributed by atoms with van der Waals surface area (Å²) >= 11 is 0. The Morgan fingerprint density at radius 2 is 1.68 bits per heavy atom. The number of fused-ring (bicyclic) bond motifs is 1. The van der Waals surface area contributed by atoms with E-state index in [1.165, 1.54) is 6.20 Å². The van der Waals surface area contributed by atoms with E-state index in [1.807, 2.05) is 19.1 Å². The molecule has 0 bridgehead atoms. The van der Waals surface area contributed by atoms with Crippen LogP contribution in [0.3, 0.4) is 0 Å². The van der Waals surface area contributed by atoms with Crippen LogP contribution in [0.4, 0.5) is 5.69 Å². The highest BCUT2D eigenvalue weighted by Gasteiger charge is 2.24. The van der Waals surface area contributed by atoms with Gasteiger partial charge in [-0.1, -0.05) is 29.8 Å². The van der Waals surface area contributed by atoms with Crippen molar-refractivity contribution in [3.05, 3.63) is 84.3 Å². The first-order valence-electron chi connectivity index (χ1n) is 14.1. The average molecular weight is 596 g/mol. The molecule has 1 fully saturated rings. The molecular formula is C33H33N5O6. The fraction of sp³-hybridized carbons (Fsp3) is 0.242. The highest BCUT2D eigenvalue weighted by atomic mass is 16.5. The number of carbonyl (C=O) groups is 2. The minimum atomic E-state index is -0.851. The first-order valence-corrected chi connectivity index (χ1v) is 14.1. The molecule has 3 heterocycles. The van der Waals surface area contributed by atoms with Crippen LogP contribution in [-0.2, 0) is 14.3 Å². The standard InChI is InChI=1S/C33H33N5O6/c1-20-4-6-21(7-5-20)25(19-36-22-11-14-43-15-12-22)32(39)31(34)33(40)38-23-8-9-30(37-18-23)44-27-10-13-35-26-17-29(42-3)28(41-2)16-24(26)27/h4-10,13,16-19,22,34,36H,11-12,14-15H2,1-3H3,(H,38,40)/b25-19-,34-31?. The maximum absolute atomic E-state index is 13.4. The van der Waals surface area contributed by atoms with Gasteiger partial charge in [0.05, 0.1) is 31.6 Å². The Balaban J connectivity index is 1.28. The Kier molecular flexibility index (Phi) is 9.46. The van der Waals surface area contributed by atoms with Crippen LogP contribution >= 0.6 is 0 Å². The van der Waals surface area contributed by atoms with Crippen LogP contribution < -0.4 is 24.8 Å². The molecule has 1 aliphatic rings. The third-order valence-corrected chi connectivity index (χ3v) is 7.16. The van der Waals surface area contributed by atoms with Crippen LogP contribution in [0.15, 0.2) is 73.2 Å². The summed E-state index contributed by atoms with van der Waals surface area (Å²) < 4.78 is 22.2. The Bertz CT molecular complexity index is 1700. The van der Waals surface area contributed by atoms with Crippen LogP contribution in [0.25, 0.3) is 16.5 Å². The molecule has 0 unspecified atom stereocenters. The second kappa shape index (κ2) is 13.8. The van der Waals surface area contributed by atoms with E-state index in [9.17, 15) is 9.59 Å². The second-order valence-corrected chi connectivity index (χ2v) is 10.2. The molecule has 1 aliphatic heterocycles. The number of Topliss-reactive ketones (excluding diaryl/α,β-unsaturated/α-hetero) is 1. The fourth-order valence-electron chi connectivity index (χ4n) is 4.67. The van der Waals surface area contributed by atoms with Gasteiger partial charge in [0, 0.05) is 54.7 Å². The number of hydrogen-bond acceptors (Lipinski definition) is 10. The zero-order valence-electron chi connectivity index (χ0n) is 24.7. The predicted molar refractivity (Wildman–Crippen MR) is 167 cm³/mol. The molecule has 1 amide bonds. The largest absolute Gasteiger partial charge is 0.493 e. The van der Waals surface area contributed by atoms with E-state index < -0.39 is 17.4 Å². The molecule has 0 aliphatic carbocycles. The Morgan fingerprint density at radius 1 is 0.955 bits per heavy atom. The number of amides is 1. The summed E-state index contributed by atoms with van der Waals surface area (Å²) in [6.45, 7) is 3.22. The van der Waals surface area contributed by atoms with Gasteiger partial charge in [0.2, 0.25) is 11.7 Å². The van der Waals surface area contributed by atoms with E-state index in [1.54, 1.807) is 69.1 Å². The van der Waals surface area contributed by atoms with E-state index in [-0.39, 0.29) is 17.5 Å². The van der Waals surface area contributed by atoms with Gasteiger partial charge in [0.1, 0.15) is 5.75 Å². The summed E-state index contributed by atoms with van der Waals surface area (Å²) in [5, 5.41) is 15.0. The van der Waals surface area contributed by atoms with Gasteiger partial charge in [0.15, 0.2) is 17.2 Å². The first-order chi connectivity index (χ1) is 21.4. The molecule has 11 nitrogen and oxygen atoms in total. The van der Waals surface area contributed by atoms with Gasteiger partial charge in [-0.25, -0.2) is 4.98 Å². The summed E-state index contributed by atoms with van der Waals surface area (Å²) in [5.74, 6) is 0.286. The molecule has 44 heavy (non-hydrogen) atoms. The Morgan fingerprint density at radius 3 is 2.36 bits per heavy atom. The molecule has 0 radical (unpaired) electrons. The molecule has 11 heteroatoms. The lowest BCUT2D eigenvalue weighted by atomic mass is 9.98. The smallest absolute Gasteiger partial charge is 0.277 e. The molecule has 4 aromatic rings.